The lowest BCUT2D eigenvalue weighted by Gasteiger charge is -2.17. The molecule has 21 heavy (non-hydrogen) atoms. The number of nitrogens with zero attached hydrogens (tertiary/aromatic N) is 3. The number of anilines is 1. The Morgan fingerprint density at radius 3 is 3.05 bits per heavy atom. The molecule has 0 spiro atoms. The molecule has 2 aromatic heterocycles. The first-order valence-electron chi connectivity index (χ1n) is 6.01. The highest BCUT2D eigenvalue weighted by Gasteiger charge is 2.47. The molecule has 4 atom stereocenters. The number of fused-ring (bicyclic) bond motifs is 1. The fourth-order valence-corrected chi connectivity index (χ4v) is 2.32. The highest BCUT2D eigenvalue weighted by molar-refractivity contribution is 5.70. The van der Waals surface area contributed by atoms with Crippen LogP contribution < -0.4 is 11.3 Å². The number of hydrogen-bond donors (Lipinski definition) is 4. The zero-order valence-electron chi connectivity index (χ0n) is 10.5. The maximum Gasteiger partial charge on any atom is 0.280 e. The molecule has 11 heteroatoms. The van der Waals surface area contributed by atoms with E-state index in [1.807, 2.05) is 0 Å². The topological polar surface area (TPSA) is 149 Å². The number of aromatic nitrogens is 4. The average Bonchev–Trinajstić information content (AvgIpc) is 2.99. The predicted octanol–water partition coefficient (Wildman–Crippen LogP) is -1.78. The molecule has 10 nitrogen and oxygen atoms in total. The smallest absolute Gasteiger partial charge is 0.280 e. The molecule has 5 N–H and O–H groups in total. The molecule has 0 saturated carbocycles. The van der Waals surface area contributed by atoms with Gasteiger partial charge in [-0.3, -0.25) is 14.3 Å². The van der Waals surface area contributed by atoms with Crippen molar-refractivity contribution in [2.24, 2.45) is 0 Å². The molecule has 114 valence electrons. The van der Waals surface area contributed by atoms with E-state index in [4.69, 9.17) is 15.6 Å². The normalized spacial score (nSPS) is 29.3. The van der Waals surface area contributed by atoms with Crippen LogP contribution in [-0.4, -0.2) is 54.7 Å². The summed E-state index contributed by atoms with van der Waals surface area (Å²) >= 11 is 0. The van der Waals surface area contributed by atoms with E-state index in [9.17, 15) is 14.4 Å². The summed E-state index contributed by atoms with van der Waals surface area (Å²) in [5.74, 6) is -0.149. The summed E-state index contributed by atoms with van der Waals surface area (Å²) in [7, 11) is 0. The van der Waals surface area contributed by atoms with E-state index in [0.29, 0.717) is 0 Å². The number of imidazole rings is 1. The molecule has 0 aliphatic carbocycles. The van der Waals surface area contributed by atoms with E-state index in [1.165, 1.54) is 10.9 Å². The molecular formula is C10H12FN5O5. The van der Waals surface area contributed by atoms with Crippen LogP contribution in [0.2, 0.25) is 0 Å². The molecular weight excluding hydrogens is 289 g/mol. The first-order valence-corrected chi connectivity index (χ1v) is 6.01. The lowest BCUT2D eigenvalue weighted by Crippen LogP contribution is -2.34. The predicted molar refractivity (Wildman–Crippen MR) is 65.5 cm³/mol. The molecule has 1 saturated heterocycles. The molecule has 0 aromatic carbocycles. The monoisotopic (exact) mass is 301 g/mol. The van der Waals surface area contributed by atoms with E-state index < -0.39 is 36.7 Å². The van der Waals surface area contributed by atoms with Crippen LogP contribution in [0.5, 0.6) is 0 Å². The number of aliphatic hydroxyl groups is 2. The zero-order chi connectivity index (χ0) is 15.1. The standard InChI is InChI=1S/C10H12FN5O5/c11-21-6-5(18)3(1-17)20-9(6)16-2-13-4-7(16)14-10(12)15-8(4)19/h2-3,5-6,9,17-18H,1H2,(H3,12,14,15,19)/t3-,5+,6-,9-/m1/s1. The molecule has 2 aromatic rings. The molecule has 1 aliphatic heterocycles. The largest absolute Gasteiger partial charge is 0.394 e. The number of rotatable bonds is 3. The van der Waals surface area contributed by atoms with Gasteiger partial charge >= 0.3 is 0 Å². The van der Waals surface area contributed by atoms with E-state index in [2.05, 4.69) is 19.9 Å². The van der Waals surface area contributed by atoms with Crippen LogP contribution in [0.15, 0.2) is 11.1 Å². The van der Waals surface area contributed by atoms with E-state index >= 15 is 0 Å². The number of aliphatic hydroxyl groups excluding tert-OH is 2. The van der Waals surface area contributed by atoms with Crippen molar-refractivity contribution < 1.29 is 24.4 Å². The minimum absolute atomic E-state index is 0.0210. The van der Waals surface area contributed by atoms with E-state index in [0.717, 1.165) is 0 Å². The van der Waals surface area contributed by atoms with E-state index in [-0.39, 0.29) is 17.1 Å². The Kier molecular flexibility index (Phi) is 3.33. The second kappa shape index (κ2) is 5.04. The van der Waals surface area contributed by atoms with Gasteiger partial charge in [0.2, 0.25) is 5.95 Å². The number of nitrogens with one attached hydrogen (secondary N) is 1. The van der Waals surface area contributed by atoms with Gasteiger partial charge in [-0.1, -0.05) is 0 Å². The molecule has 0 unspecified atom stereocenters. The summed E-state index contributed by atoms with van der Waals surface area (Å²) < 4.78 is 19.2. The van der Waals surface area contributed by atoms with Gasteiger partial charge in [0.15, 0.2) is 23.5 Å². The van der Waals surface area contributed by atoms with Crippen LogP contribution in [0.3, 0.4) is 0 Å². The maximum atomic E-state index is 12.7. The van der Waals surface area contributed by atoms with Crippen molar-refractivity contribution in [2.45, 2.75) is 24.5 Å². The Morgan fingerprint density at radius 1 is 1.62 bits per heavy atom. The summed E-state index contributed by atoms with van der Waals surface area (Å²) in [6.45, 7) is -0.527. The van der Waals surface area contributed by atoms with Crippen LogP contribution in [0.25, 0.3) is 11.2 Å². The Morgan fingerprint density at radius 2 is 2.38 bits per heavy atom. The van der Waals surface area contributed by atoms with Crippen molar-refractivity contribution in [1.29, 1.82) is 0 Å². The summed E-state index contributed by atoms with van der Waals surface area (Å²) in [5, 5.41) is 18.9. The van der Waals surface area contributed by atoms with Crippen LogP contribution in [-0.2, 0) is 9.68 Å². The molecule has 3 rings (SSSR count). The third-order valence-corrected chi connectivity index (χ3v) is 3.32. The van der Waals surface area contributed by atoms with Crippen molar-refractivity contribution in [3.8, 4) is 0 Å². The molecule has 3 heterocycles. The highest BCUT2D eigenvalue weighted by atomic mass is 19.3. The van der Waals surface area contributed by atoms with Gasteiger partial charge in [0, 0.05) is 0 Å². The molecule has 0 radical (unpaired) electrons. The van der Waals surface area contributed by atoms with Gasteiger partial charge in [-0.2, -0.15) is 9.93 Å². The summed E-state index contributed by atoms with van der Waals surface area (Å²) in [4.78, 5) is 25.4. The number of nitrogen functional groups attached to an aromatic ring is 1. The third kappa shape index (κ3) is 2.06. The lowest BCUT2D eigenvalue weighted by atomic mass is 10.1. The highest BCUT2D eigenvalue weighted by Crippen LogP contribution is 2.33. The van der Waals surface area contributed by atoms with Crippen LogP contribution in [0.4, 0.5) is 10.5 Å². The summed E-state index contributed by atoms with van der Waals surface area (Å²) in [6, 6.07) is 0. The maximum absolute atomic E-state index is 12.7. The second-order valence-electron chi connectivity index (χ2n) is 4.57. The van der Waals surface area contributed by atoms with Gasteiger partial charge in [-0.05, 0) is 4.53 Å². The van der Waals surface area contributed by atoms with Crippen LogP contribution in [0.1, 0.15) is 6.23 Å². The first-order chi connectivity index (χ1) is 10.1. The first kappa shape index (κ1) is 13.9. The molecule has 1 aliphatic rings. The number of aromatic amines is 1. The SMILES string of the molecule is Nc1nc2c(ncn2[C@@H]2O[C@H](CO)[C@H](O)[C@H]2OF)c(=O)[nH]1. The fourth-order valence-electron chi connectivity index (χ4n) is 2.32. The average molecular weight is 301 g/mol. The Hall–Kier alpha value is -2.08. The summed E-state index contributed by atoms with van der Waals surface area (Å²) in [6.07, 6.45) is -3.78. The Bertz CT molecular complexity index is 717. The van der Waals surface area contributed by atoms with Gasteiger partial charge in [-0.15, -0.1) is 0 Å². The third-order valence-electron chi connectivity index (χ3n) is 3.32. The summed E-state index contributed by atoms with van der Waals surface area (Å²) in [5.41, 5.74) is 4.92. The Labute approximate surface area is 115 Å². The van der Waals surface area contributed by atoms with Gasteiger partial charge in [-0.25, -0.2) is 4.98 Å². The minimum Gasteiger partial charge on any atom is -0.394 e. The minimum atomic E-state index is -1.40. The number of nitrogens with two attached hydrogens (primary N) is 1. The van der Waals surface area contributed by atoms with Crippen molar-refractivity contribution in [2.75, 3.05) is 12.3 Å². The molecule has 1 fully saturated rings. The fraction of sp³-hybridized carbons (Fsp3) is 0.500. The molecule has 0 bridgehead atoms. The van der Waals surface area contributed by atoms with Crippen molar-refractivity contribution in [3.05, 3.63) is 16.7 Å². The quantitative estimate of drug-likeness (QED) is 0.520. The lowest BCUT2D eigenvalue weighted by molar-refractivity contribution is -0.220. The van der Waals surface area contributed by atoms with E-state index in [1.54, 1.807) is 0 Å². The van der Waals surface area contributed by atoms with Gasteiger partial charge in [0.25, 0.3) is 5.56 Å². The second-order valence-corrected chi connectivity index (χ2v) is 4.57. The molecule has 0 amide bonds. The zero-order valence-corrected chi connectivity index (χ0v) is 10.5. The van der Waals surface area contributed by atoms with Crippen molar-refractivity contribution >= 4 is 17.1 Å². The van der Waals surface area contributed by atoms with Gasteiger partial charge in [0.05, 0.1) is 12.9 Å². The number of ether oxygens (including phenoxy) is 1. The van der Waals surface area contributed by atoms with Gasteiger partial charge < -0.3 is 20.7 Å². The van der Waals surface area contributed by atoms with Crippen molar-refractivity contribution in [1.82, 2.24) is 19.5 Å². The van der Waals surface area contributed by atoms with Crippen molar-refractivity contribution in [3.63, 3.8) is 0 Å². The number of H-pyrrole nitrogens is 1. The van der Waals surface area contributed by atoms with Gasteiger partial charge in [0.1, 0.15) is 12.2 Å². The Balaban J connectivity index is 2.10. The number of hydrogen-bond acceptors (Lipinski definition) is 8. The number of halogens is 1. The van der Waals surface area contributed by atoms with Crippen LogP contribution >= 0.6 is 0 Å². The van der Waals surface area contributed by atoms with Crippen LogP contribution in [0, 0.1) is 0 Å².